The largest absolute Gasteiger partial charge is 0.424 e. The first-order valence-electron chi connectivity index (χ1n) is 5.87. The lowest BCUT2D eigenvalue weighted by atomic mass is 10.1. The van der Waals surface area contributed by atoms with Crippen molar-refractivity contribution in [2.75, 3.05) is 11.2 Å². The van der Waals surface area contributed by atoms with E-state index < -0.39 is 0 Å². The normalized spacial score (nSPS) is 13.2. The van der Waals surface area contributed by atoms with Gasteiger partial charge in [0, 0.05) is 11.9 Å². The van der Waals surface area contributed by atoms with E-state index in [-0.39, 0.29) is 6.04 Å². The van der Waals surface area contributed by atoms with E-state index in [1.54, 1.807) is 0 Å². The highest BCUT2D eigenvalue weighted by molar-refractivity contribution is 6.18. The maximum absolute atomic E-state index is 5.93. The molecule has 0 saturated carbocycles. The molecule has 1 atom stereocenters. The van der Waals surface area contributed by atoms with E-state index in [2.05, 4.69) is 24.1 Å². The minimum absolute atomic E-state index is 0.199. The first kappa shape index (κ1) is 12.2. The molecule has 17 heavy (non-hydrogen) atoms. The third kappa shape index (κ3) is 3.13. The van der Waals surface area contributed by atoms with Gasteiger partial charge in [0.2, 0.25) is 0 Å². The third-order valence-electron chi connectivity index (χ3n) is 2.56. The molecule has 0 aliphatic heterocycles. The number of hydrogen-bond acceptors (Lipinski definition) is 3. The van der Waals surface area contributed by atoms with Gasteiger partial charge in [0.15, 0.2) is 5.58 Å². The van der Waals surface area contributed by atoms with Crippen LogP contribution in [0.4, 0.5) is 6.01 Å². The molecule has 0 saturated heterocycles. The van der Waals surface area contributed by atoms with Crippen molar-refractivity contribution in [3.05, 3.63) is 24.3 Å². The van der Waals surface area contributed by atoms with E-state index in [0.717, 1.165) is 17.5 Å². The smallest absolute Gasteiger partial charge is 0.295 e. The summed E-state index contributed by atoms with van der Waals surface area (Å²) in [6, 6.07) is 8.47. The molecule has 0 bridgehead atoms. The van der Waals surface area contributed by atoms with Crippen LogP contribution in [0, 0.1) is 5.92 Å². The fourth-order valence-electron chi connectivity index (χ4n) is 1.84. The van der Waals surface area contributed by atoms with E-state index in [1.165, 1.54) is 0 Å². The van der Waals surface area contributed by atoms with Gasteiger partial charge in [-0.1, -0.05) is 26.0 Å². The second-order valence-corrected chi connectivity index (χ2v) is 4.92. The van der Waals surface area contributed by atoms with Crippen molar-refractivity contribution in [3.8, 4) is 0 Å². The maximum Gasteiger partial charge on any atom is 0.295 e. The van der Waals surface area contributed by atoms with Crippen LogP contribution in [-0.4, -0.2) is 16.9 Å². The van der Waals surface area contributed by atoms with Crippen molar-refractivity contribution in [2.45, 2.75) is 26.3 Å². The minimum atomic E-state index is 0.199. The molecule has 2 aromatic rings. The Balaban J connectivity index is 2.11. The number of hydrogen-bond donors (Lipinski definition) is 1. The Morgan fingerprint density at radius 3 is 2.76 bits per heavy atom. The lowest BCUT2D eigenvalue weighted by molar-refractivity contribution is 0.523. The molecule has 0 fully saturated rings. The Morgan fingerprint density at radius 1 is 1.35 bits per heavy atom. The number of oxazole rings is 1. The van der Waals surface area contributed by atoms with Crippen LogP contribution in [0.3, 0.4) is 0 Å². The Morgan fingerprint density at radius 2 is 2.12 bits per heavy atom. The maximum atomic E-state index is 5.93. The second kappa shape index (κ2) is 5.41. The molecule has 92 valence electrons. The van der Waals surface area contributed by atoms with Crippen molar-refractivity contribution in [2.24, 2.45) is 5.92 Å². The summed E-state index contributed by atoms with van der Waals surface area (Å²) in [5.74, 6) is 1.15. The molecule has 1 N–H and O–H groups in total. The zero-order valence-electron chi connectivity index (χ0n) is 10.1. The predicted octanol–water partition coefficient (Wildman–Crippen LogP) is 3.89. The Kier molecular flexibility index (Phi) is 3.89. The molecular formula is C13H17ClN2O. The van der Waals surface area contributed by atoms with Crippen LogP contribution in [0.1, 0.15) is 20.3 Å². The third-order valence-corrected chi connectivity index (χ3v) is 2.94. The minimum Gasteiger partial charge on any atom is -0.424 e. The summed E-state index contributed by atoms with van der Waals surface area (Å²) in [5.41, 5.74) is 1.67. The van der Waals surface area contributed by atoms with Crippen LogP contribution in [0.5, 0.6) is 0 Å². The van der Waals surface area contributed by atoms with Crippen molar-refractivity contribution < 1.29 is 4.42 Å². The van der Waals surface area contributed by atoms with Crippen LogP contribution >= 0.6 is 11.6 Å². The quantitative estimate of drug-likeness (QED) is 0.821. The fourth-order valence-corrected chi connectivity index (χ4v) is 2.04. The predicted molar refractivity (Wildman–Crippen MR) is 71.6 cm³/mol. The van der Waals surface area contributed by atoms with Gasteiger partial charge in [-0.05, 0) is 24.5 Å². The van der Waals surface area contributed by atoms with E-state index in [9.17, 15) is 0 Å². The van der Waals surface area contributed by atoms with Gasteiger partial charge in [-0.3, -0.25) is 0 Å². The molecule has 2 rings (SSSR count). The Bertz CT molecular complexity index is 448. The summed E-state index contributed by atoms with van der Waals surface area (Å²) in [7, 11) is 0. The van der Waals surface area contributed by atoms with Gasteiger partial charge in [0.1, 0.15) is 5.52 Å². The average Bonchev–Trinajstić information content (AvgIpc) is 2.69. The van der Waals surface area contributed by atoms with Gasteiger partial charge in [-0.25, -0.2) is 0 Å². The molecule has 0 amide bonds. The number of para-hydroxylation sites is 2. The van der Waals surface area contributed by atoms with Crippen molar-refractivity contribution in [1.82, 2.24) is 4.98 Å². The number of nitrogens with one attached hydrogen (secondary N) is 1. The average molecular weight is 253 g/mol. The highest BCUT2D eigenvalue weighted by atomic mass is 35.5. The summed E-state index contributed by atoms with van der Waals surface area (Å²) >= 11 is 5.93. The Hall–Kier alpha value is -1.22. The van der Waals surface area contributed by atoms with Gasteiger partial charge >= 0.3 is 0 Å². The van der Waals surface area contributed by atoms with Gasteiger partial charge < -0.3 is 9.73 Å². The summed E-state index contributed by atoms with van der Waals surface area (Å²) in [6.45, 7) is 4.35. The first-order chi connectivity index (χ1) is 8.19. The molecule has 0 aliphatic rings. The van der Waals surface area contributed by atoms with Crippen LogP contribution in [0.15, 0.2) is 28.7 Å². The second-order valence-electron chi connectivity index (χ2n) is 4.61. The van der Waals surface area contributed by atoms with E-state index in [0.29, 0.717) is 17.8 Å². The molecular weight excluding hydrogens is 236 g/mol. The van der Waals surface area contributed by atoms with Gasteiger partial charge in [-0.15, -0.1) is 11.6 Å². The van der Waals surface area contributed by atoms with Crippen LogP contribution in [0.25, 0.3) is 11.1 Å². The number of rotatable bonds is 5. The summed E-state index contributed by atoms with van der Waals surface area (Å²) in [4.78, 5) is 4.37. The van der Waals surface area contributed by atoms with Crippen LogP contribution < -0.4 is 5.32 Å². The summed E-state index contributed by atoms with van der Waals surface area (Å²) in [6.07, 6.45) is 1.00. The number of halogens is 1. The van der Waals surface area contributed by atoms with E-state index >= 15 is 0 Å². The fraction of sp³-hybridized carbons (Fsp3) is 0.462. The molecule has 1 heterocycles. The number of alkyl halides is 1. The highest BCUT2D eigenvalue weighted by Crippen LogP contribution is 2.20. The molecule has 1 aromatic carbocycles. The zero-order chi connectivity index (χ0) is 12.3. The zero-order valence-corrected chi connectivity index (χ0v) is 10.9. The van der Waals surface area contributed by atoms with Crippen LogP contribution in [0.2, 0.25) is 0 Å². The van der Waals surface area contributed by atoms with Crippen molar-refractivity contribution in [3.63, 3.8) is 0 Å². The van der Waals surface area contributed by atoms with E-state index in [4.69, 9.17) is 16.0 Å². The van der Waals surface area contributed by atoms with Gasteiger partial charge in [-0.2, -0.15) is 4.98 Å². The molecule has 0 spiro atoms. The number of fused-ring (bicyclic) bond motifs is 1. The summed E-state index contributed by atoms with van der Waals surface area (Å²) < 4.78 is 5.60. The lowest BCUT2D eigenvalue weighted by Crippen LogP contribution is -2.23. The SMILES string of the molecule is CC(C)CC(CCl)Nc1nc2ccccc2o1. The number of benzene rings is 1. The van der Waals surface area contributed by atoms with Gasteiger partial charge in [0.25, 0.3) is 6.01 Å². The highest BCUT2D eigenvalue weighted by Gasteiger charge is 2.13. The number of nitrogens with zero attached hydrogens (tertiary/aromatic N) is 1. The molecule has 0 aliphatic carbocycles. The molecule has 0 radical (unpaired) electrons. The number of aromatic nitrogens is 1. The lowest BCUT2D eigenvalue weighted by Gasteiger charge is -2.16. The van der Waals surface area contributed by atoms with Crippen molar-refractivity contribution >= 4 is 28.7 Å². The molecule has 1 aromatic heterocycles. The summed E-state index contributed by atoms with van der Waals surface area (Å²) in [5, 5.41) is 3.24. The molecule has 4 heteroatoms. The number of anilines is 1. The topological polar surface area (TPSA) is 38.1 Å². The first-order valence-corrected chi connectivity index (χ1v) is 6.40. The standard InChI is InChI=1S/C13H17ClN2O/c1-9(2)7-10(8-14)15-13-16-11-5-3-4-6-12(11)17-13/h3-6,9-10H,7-8H2,1-2H3,(H,15,16). The van der Waals surface area contributed by atoms with Crippen molar-refractivity contribution in [1.29, 1.82) is 0 Å². The van der Waals surface area contributed by atoms with Crippen LogP contribution in [-0.2, 0) is 0 Å². The molecule has 3 nitrogen and oxygen atoms in total. The Labute approximate surface area is 106 Å². The monoisotopic (exact) mass is 252 g/mol. The van der Waals surface area contributed by atoms with Gasteiger partial charge in [0.05, 0.1) is 0 Å². The molecule has 1 unspecified atom stereocenters. The van der Waals surface area contributed by atoms with E-state index in [1.807, 2.05) is 24.3 Å².